The van der Waals surface area contributed by atoms with Crippen LogP contribution in [0.25, 0.3) is 0 Å². The van der Waals surface area contributed by atoms with E-state index >= 15 is 0 Å². The fraction of sp³-hybridized carbons (Fsp3) is 0.211. The Bertz CT molecular complexity index is 782. The average Bonchev–Trinajstić information content (AvgIpc) is 2.97. The molecule has 0 radical (unpaired) electrons. The minimum absolute atomic E-state index is 0.0844. The summed E-state index contributed by atoms with van der Waals surface area (Å²) in [5.41, 5.74) is 2.36. The van der Waals surface area contributed by atoms with Crippen molar-refractivity contribution in [1.29, 1.82) is 0 Å². The third-order valence-corrected chi connectivity index (χ3v) is 4.01. The first-order valence-corrected chi connectivity index (χ1v) is 7.71. The average molecular weight is 323 g/mol. The second-order valence-electron chi connectivity index (χ2n) is 5.85. The Labute approximate surface area is 139 Å². The maximum absolute atomic E-state index is 12.3. The van der Waals surface area contributed by atoms with Crippen molar-refractivity contribution in [3.63, 3.8) is 0 Å². The molecule has 2 aromatic carbocycles. The number of benzene rings is 2. The largest absolute Gasteiger partial charge is 0.426 e. The molecular formula is C19H17NO4. The molecule has 0 saturated carbocycles. The Morgan fingerprint density at radius 2 is 1.96 bits per heavy atom. The van der Waals surface area contributed by atoms with E-state index in [1.807, 2.05) is 31.2 Å². The summed E-state index contributed by atoms with van der Waals surface area (Å²) in [4.78, 5) is 36.8. The predicted molar refractivity (Wildman–Crippen MR) is 89.1 cm³/mol. The van der Waals surface area contributed by atoms with E-state index < -0.39 is 11.9 Å². The van der Waals surface area contributed by atoms with Crippen LogP contribution >= 0.6 is 0 Å². The lowest BCUT2D eigenvalue weighted by molar-refractivity contribution is -0.139. The molecule has 0 N–H and O–H groups in total. The van der Waals surface area contributed by atoms with Crippen molar-refractivity contribution < 1.29 is 19.1 Å². The van der Waals surface area contributed by atoms with E-state index in [-0.39, 0.29) is 12.3 Å². The normalized spacial score (nSPS) is 17.0. The van der Waals surface area contributed by atoms with Gasteiger partial charge in [0.2, 0.25) is 5.91 Å². The minimum Gasteiger partial charge on any atom is -0.426 e. The highest BCUT2D eigenvalue weighted by Crippen LogP contribution is 2.27. The Morgan fingerprint density at radius 3 is 2.62 bits per heavy atom. The number of amides is 1. The van der Waals surface area contributed by atoms with Gasteiger partial charge in [-0.25, -0.2) is 0 Å². The summed E-state index contributed by atoms with van der Waals surface area (Å²) in [5, 5.41) is 0. The third-order valence-electron chi connectivity index (χ3n) is 4.01. The molecule has 0 aliphatic carbocycles. The molecule has 0 unspecified atom stereocenters. The molecule has 1 aliphatic rings. The second kappa shape index (κ2) is 6.66. The van der Waals surface area contributed by atoms with Crippen molar-refractivity contribution in [1.82, 2.24) is 0 Å². The molecule has 5 heteroatoms. The van der Waals surface area contributed by atoms with Crippen LogP contribution in [0.2, 0.25) is 0 Å². The molecule has 122 valence electrons. The van der Waals surface area contributed by atoms with Crippen LogP contribution in [0, 0.1) is 12.8 Å². The summed E-state index contributed by atoms with van der Waals surface area (Å²) in [6, 6.07) is 13.9. The van der Waals surface area contributed by atoms with Crippen LogP contribution < -0.4 is 9.64 Å². The van der Waals surface area contributed by atoms with E-state index in [0.29, 0.717) is 17.9 Å². The fourth-order valence-electron chi connectivity index (χ4n) is 2.72. The summed E-state index contributed by atoms with van der Waals surface area (Å²) in [6.45, 7) is 2.27. The molecule has 1 aliphatic heterocycles. The number of hydrogen-bond acceptors (Lipinski definition) is 4. The maximum Gasteiger partial charge on any atom is 0.316 e. The van der Waals surface area contributed by atoms with E-state index in [4.69, 9.17) is 4.74 Å². The number of nitrogens with zero attached hydrogens (tertiary/aromatic N) is 1. The van der Waals surface area contributed by atoms with Gasteiger partial charge in [-0.05, 0) is 48.9 Å². The molecule has 1 heterocycles. The first-order valence-electron chi connectivity index (χ1n) is 7.71. The summed E-state index contributed by atoms with van der Waals surface area (Å²) in [5.74, 6) is -0.646. The van der Waals surface area contributed by atoms with Gasteiger partial charge in [0.15, 0.2) is 0 Å². The van der Waals surface area contributed by atoms with Crippen LogP contribution in [0.1, 0.15) is 22.3 Å². The summed E-state index contributed by atoms with van der Waals surface area (Å²) in [7, 11) is 0. The summed E-state index contributed by atoms with van der Waals surface area (Å²) >= 11 is 0. The summed E-state index contributed by atoms with van der Waals surface area (Å²) in [6.07, 6.45) is 0.861. The number of carbonyl (C=O) groups is 3. The topological polar surface area (TPSA) is 63.7 Å². The highest BCUT2D eigenvalue weighted by atomic mass is 16.5. The van der Waals surface area contributed by atoms with E-state index in [1.54, 1.807) is 29.2 Å². The van der Waals surface area contributed by atoms with Gasteiger partial charge in [-0.15, -0.1) is 0 Å². The standard InChI is InChI=1S/C19H17NO4/c1-13-3-2-4-16(9-13)20-11-15(10-18(20)22)19(23)24-17-7-5-14(12-21)6-8-17/h2-9,12,15H,10-11H2,1H3/t15-/m0/s1. The maximum atomic E-state index is 12.3. The molecular weight excluding hydrogens is 306 g/mol. The van der Waals surface area contributed by atoms with Gasteiger partial charge >= 0.3 is 5.97 Å². The van der Waals surface area contributed by atoms with Gasteiger partial charge in [0, 0.05) is 24.2 Å². The predicted octanol–water partition coefficient (Wildman–Crippen LogP) is 2.77. The van der Waals surface area contributed by atoms with Crippen molar-refractivity contribution in [3.05, 3.63) is 59.7 Å². The Morgan fingerprint density at radius 1 is 1.21 bits per heavy atom. The quantitative estimate of drug-likeness (QED) is 0.493. The van der Waals surface area contributed by atoms with Crippen LogP contribution in [0.5, 0.6) is 5.75 Å². The second-order valence-corrected chi connectivity index (χ2v) is 5.85. The van der Waals surface area contributed by atoms with E-state index in [0.717, 1.165) is 17.5 Å². The third kappa shape index (κ3) is 3.35. The van der Waals surface area contributed by atoms with Crippen LogP contribution in [-0.2, 0) is 9.59 Å². The number of aryl methyl sites for hydroxylation is 1. The molecule has 24 heavy (non-hydrogen) atoms. The highest BCUT2D eigenvalue weighted by Gasteiger charge is 2.36. The monoisotopic (exact) mass is 323 g/mol. The first kappa shape index (κ1) is 15.9. The summed E-state index contributed by atoms with van der Waals surface area (Å²) < 4.78 is 5.32. The Kier molecular flexibility index (Phi) is 4.42. The zero-order chi connectivity index (χ0) is 17.1. The zero-order valence-electron chi connectivity index (χ0n) is 13.3. The lowest BCUT2D eigenvalue weighted by Gasteiger charge is -2.17. The SMILES string of the molecule is Cc1cccc(N2C[C@@H](C(=O)Oc3ccc(C=O)cc3)CC2=O)c1. The number of carbonyl (C=O) groups excluding carboxylic acids is 3. The molecule has 1 fully saturated rings. The number of anilines is 1. The van der Waals surface area contributed by atoms with Gasteiger partial charge in [-0.2, -0.15) is 0 Å². The number of esters is 1. The van der Waals surface area contributed by atoms with Gasteiger partial charge in [-0.1, -0.05) is 12.1 Å². The van der Waals surface area contributed by atoms with Gasteiger partial charge < -0.3 is 9.64 Å². The molecule has 0 aromatic heterocycles. The molecule has 1 atom stereocenters. The van der Waals surface area contributed by atoms with Gasteiger partial charge in [-0.3, -0.25) is 14.4 Å². The Balaban J connectivity index is 1.68. The highest BCUT2D eigenvalue weighted by molar-refractivity contribution is 5.99. The van der Waals surface area contributed by atoms with Gasteiger partial charge in [0.25, 0.3) is 0 Å². The molecule has 3 rings (SSSR count). The zero-order valence-corrected chi connectivity index (χ0v) is 13.3. The van der Waals surface area contributed by atoms with E-state index in [1.165, 1.54) is 0 Å². The van der Waals surface area contributed by atoms with E-state index in [2.05, 4.69) is 0 Å². The lowest BCUT2D eigenvalue weighted by Crippen LogP contribution is -2.27. The first-order chi connectivity index (χ1) is 11.6. The van der Waals surface area contributed by atoms with Crippen LogP contribution in [0.15, 0.2) is 48.5 Å². The van der Waals surface area contributed by atoms with Gasteiger partial charge in [0.05, 0.1) is 5.92 Å². The molecule has 1 saturated heterocycles. The molecule has 2 aromatic rings. The lowest BCUT2D eigenvalue weighted by atomic mass is 10.1. The van der Waals surface area contributed by atoms with Crippen molar-refractivity contribution >= 4 is 23.9 Å². The van der Waals surface area contributed by atoms with Gasteiger partial charge in [0.1, 0.15) is 12.0 Å². The number of rotatable bonds is 4. The molecule has 0 bridgehead atoms. The molecule has 0 spiro atoms. The van der Waals surface area contributed by atoms with Crippen LogP contribution in [-0.4, -0.2) is 24.7 Å². The smallest absolute Gasteiger partial charge is 0.316 e. The number of aldehydes is 1. The number of ether oxygens (including phenoxy) is 1. The van der Waals surface area contributed by atoms with Crippen molar-refractivity contribution in [2.75, 3.05) is 11.4 Å². The number of hydrogen-bond donors (Lipinski definition) is 0. The van der Waals surface area contributed by atoms with Crippen molar-refractivity contribution in [2.45, 2.75) is 13.3 Å². The van der Waals surface area contributed by atoms with E-state index in [9.17, 15) is 14.4 Å². The van der Waals surface area contributed by atoms with Crippen LogP contribution in [0.4, 0.5) is 5.69 Å². The minimum atomic E-state index is -0.497. The van der Waals surface area contributed by atoms with Crippen molar-refractivity contribution in [3.8, 4) is 5.75 Å². The molecule has 5 nitrogen and oxygen atoms in total. The Hall–Kier alpha value is -2.95. The fourth-order valence-corrected chi connectivity index (χ4v) is 2.72. The van der Waals surface area contributed by atoms with Crippen LogP contribution in [0.3, 0.4) is 0 Å². The van der Waals surface area contributed by atoms with Crippen molar-refractivity contribution in [2.24, 2.45) is 5.92 Å². The molecule has 1 amide bonds.